The molecule has 1 aromatic carbocycles. The smallest absolute Gasteiger partial charge is 0.211 e. The minimum atomic E-state index is -3.84. The fourth-order valence-electron chi connectivity index (χ4n) is 2.09. The van der Waals surface area contributed by atoms with Gasteiger partial charge in [-0.3, -0.25) is 0 Å². The van der Waals surface area contributed by atoms with E-state index >= 15 is 0 Å². The van der Waals surface area contributed by atoms with Crippen molar-refractivity contribution in [1.82, 2.24) is 4.72 Å². The van der Waals surface area contributed by atoms with Gasteiger partial charge in [-0.1, -0.05) is 13.3 Å². The van der Waals surface area contributed by atoms with Gasteiger partial charge in [-0.05, 0) is 42.5 Å². The molecule has 0 bridgehead atoms. The third kappa shape index (κ3) is 3.52. The Hall–Kier alpha value is -0.630. The SMILES string of the molecule is CC1(CNS(=O)(=O)c2ccc(S(=O)(=O)Cl)cc2)CCC1. The lowest BCUT2D eigenvalue weighted by Crippen LogP contribution is -2.39. The molecule has 0 radical (unpaired) electrons. The Morgan fingerprint density at radius 2 is 1.60 bits per heavy atom. The normalized spacial score (nSPS) is 18.5. The Bertz CT molecular complexity index is 691. The Morgan fingerprint density at radius 1 is 1.10 bits per heavy atom. The van der Waals surface area contributed by atoms with Crippen molar-refractivity contribution in [3.05, 3.63) is 24.3 Å². The van der Waals surface area contributed by atoms with Gasteiger partial charge in [-0.15, -0.1) is 0 Å². The predicted octanol–water partition coefficient (Wildman–Crippen LogP) is 2.08. The lowest BCUT2D eigenvalue weighted by atomic mass is 9.71. The van der Waals surface area contributed by atoms with Crippen LogP contribution in [0, 0.1) is 5.41 Å². The average molecular weight is 338 g/mol. The second-order valence-corrected chi connectivity index (χ2v) is 9.73. The van der Waals surface area contributed by atoms with Crippen LogP contribution < -0.4 is 4.72 Å². The number of rotatable bonds is 5. The van der Waals surface area contributed by atoms with Crippen molar-refractivity contribution >= 4 is 29.8 Å². The van der Waals surface area contributed by atoms with Crippen LogP contribution in [0.25, 0.3) is 0 Å². The molecular formula is C12H16ClNO4S2. The van der Waals surface area contributed by atoms with E-state index in [1.165, 1.54) is 24.3 Å². The van der Waals surface area contributed by atoms with Crippen LogP contribution >= 0.6 is 10.7 Å². The summed E-state index contributed by atoms with van der Waals surface area (Å²) in [6, 6.07) is 4.84. The second-order valence-electron chi connectivity index (χ2n) is 5.40. The molecule has 1 fully saturated rings. The van der Waals surface area contributed by atoms with Crippen molar-refractivity contribution < 1.29 is 16.8 Å². The molecule has 1 aromatic rings. The van der Waals surface area contributed by atoms with Crippen molar-refractivity contribution in [2.24, 2.45) is 5.41 Å². The fourth-order valence-corrected chi connectivity index (χ4v) is 4.06. The number of sulfonamides is 1. The van der Waals surface area contributed by atoms with Crippen molar-refractivity contribution in [3.8, 4) is 0 Å². The average Bonchev–Trinajstić information content (AvgIpc) is 2.33. The molecule has 0 unspecified atom stereocenters. The first-order chi connectivity index (χ1) is 9.12. The predicted molar refractivity (Wildman–Crippen MR) is 76.6 cm³/mol. The molecule has 0 amide bonds. The summed E-state index contributed by atoms with van der Waals surface area (Å²) >= 11 is 0. The maximum Gasteiger partial charge on any atom is 0.261 e. The van der Waals surface area contributed by atoms with Crippen molar-refractivity contribution in [1.29, 1.82) is 0 Å². The van der Waals surface area contributed by atoms with Crippen molar-refractivity contribution in [2.75, 3.05) is 6.54 Å². The minimum Gasteiger partial charge on any atom is -0.211 e. The summed E-state index contributed by atoms with van der Waals surface area (Å²) in [6.45, 7) is 2.44. The molecule has 0 aromatic heterocycles. The first kappa shape index (κ1) is 15.8. The first-order valence-electron chi connectivity index (χ1n) is 6.17. The van der Waals surface area contributed by atoms with Crippen LogP contribution in [0.2, 0.25) is 0 Å². The highest BCUT2D eigenvalue weighted by atomic mass is 35.7. The summed E-state index contributed by atoms with van der Waals surface area (Å²) < 4.78 is 48.9. The maximum absolute atomic E-state index is 12.1. The van der Waals surface area contributed by atoms with Gasteiger partial charge in [0.15, 0.2) is 0 Å². The molecule has 8 heteroatoms. The summed E-state index contributed by atoms with van der Waals surface area (Å²) in [4.78, 5) is -0.0893. The van der Waals surface area contributed by atoms with E-state index in [4.69, 9.17) is 10.7 Å². The molecule has 0 aliphatic heterocycles. The molecule has 1 saturated carbocycles. The molecule has 2 rings (SSSR count). The molecule has 112 valence electrons. The van der Waals surface area contributed by atoms with Crippen LogP contribution in [0.15, 0.2) is 34.1 Å². The zero-order valence-corrected chi connectivity index (χ0v) is 13.4. The molecule has 0 spiro atoms. The summed E-state index contributed by atoms with van der Waals surface area (Å²) in [5, 5.41) is 0. The molecule has 5 nitrogen and oxygen atoms in total. The molecular weight excluding hydrogens is 322 g/mol. The fraction of sp³-hybridized carbons (Fsp3) is 0.500. The van der Waals surface area contributed by atoms with Gasteiger partial charge in [0.2, 0.25) is 10.0 Å². The van der Waals surface area contributed by atoms with Gasteiger partial charge in [-0.25, -0.2) is 21.6 Å². The number of benzene rings is 1. The Morgan fingerprint density at radius 3 is 2.00 bits per heavy atom. The monoisotopic (exact) mass is 337 g/mol. The van der Waals surface area contributed by atoms with Crippen LogP contribution in [0.1, 0.15) is 26.2 Å². The van der Waals surface area contributed by atoms with E-state index in [0.717, 1.165) is 19.3 Å². The summed E-state index contributed by atoms with van der Waals surface area (Å²) in [7, 11) is -2.28. The number of hydrogen-bond donors (Lipinski definition) is 1. The topological polar surface area (TPSA) is 80.3 Å². The summed E-state index contributed by atoms with van der Waals surface area (Å²) in [5.41, 5.74) is 0.0342. The van der Waals surface area contributed by atoms with Crippen LogP contribution in [0.5, 0.6) is 0 Å². The van der Waals surface area contributed by atoms with Gasteiger partial charge in [0.25, 0.3) is 9.05 Å². The van der Waals surface area contributed by atoms with E-state index in [2.05, 4.69) is 4.72 Å². The lowest BCUT2D eigenvalue weighted by Gasteiger charge is -2.38. The van der Waals surface area contributed by atoms with Gasteiger partial charge >= 0.3 is 0 Å². The standard InChI is InChI=1S/C12H16ClNO4S2/c1-12(7-2-8-12)9-14-20(17,18)11-5-3-10(4-6-11)19(13,15)16/h3-6,14H,2,7-9H2,1H3. The summed E-state index contributed by atoms with van der Waals surface area (Å²) in [5.74, 6) is 0. The zero-order chi connectivity index (χ0) is 15.0. The van der Waals surface area contributed by atoms with Crippen molar-refractivity contribution in [3.63, 3.8) is 0 Å². The van der Waals surface area contributed by atoms with E-state index in [-0.39, 0.29) is 15.2 Å². The van der Waals surface area contributed by atoms with E-state index in [1.54, 1.807) is 0 Å². The number of halogens is 1. The van der Waals surface area contributed by atoms with Crippen molar-refractivity contribution in [2.45, 2.75) is 36.0 Å². The number of hydrogen-bond acceptors (Lipinski definition) is 4. The Balaban J connectivity index is 2.13. The van der Waals surface area contributed by atoms with E-state index in [9.17, 15) is 16.8 Å². The maximum atomic E-state index is 12.1. The Labute approximate surface area is 123 Å². The number of nitrogens with one attached hydrogen (secondary N) is 1. The quantitative estimate of drug-likeness (QED) is 0.834. The van der Waals surface area contributed by atoms with E-state index in [1.807, 2.05) is 6.92 Å². The Kier molecular flexibility index (Phi) is 4.17. The van der Waals surface area contributed by atoms with Gasteiger partial charge in [0.1, 0.15) is 0 Å². The van der Waals surface area contributed by atoms with Gasteiger partial charge in [0, 0.05) is 17.2 Å². The highest BCUT2D eigenvalue weighted by Crippen LogP contribution is 2.39. The first-order valence-corrected chi connectivity index (χ1v) is 9.96. The molecule has 1 aliphatic rings. The third-order valence-corrected chi connectivity index (χ3v) is 6.45. The van der Waals surface area contributed by atoms with Crippen LogP contribution in [-0.4, -0.2) is 23.4 Å². The van der Waals surface area contributed by atoms with Gasteiger partial charge in [0.05, 0.1) is 9.79 Å². The van der Waals surface area contributed by atoms with Crippen LogP contribution in [0.4, 0.5) is 0 Å². The highest BCUT2D eigenvalue weighted by Gasteiger charge is 2.33. The highest BCUT2D eigenvalue weighted by molar-refractivity contribution is 8.13. The van der Waals surface area contributed by atoms with Crippen LogP contribution in [-0.2, 0) is 19.1 Å². The van der Waals surface area contributed by atoms with Gasteiger partial charge in [-0.2, -0.15) is 0 Å². The third-order valence-electron chi connectivity index (χ3n) is 3.67. The van der Waals surface area contributed by atoms with Gasteiger partial charge < -0.3 is 0 Å². The molecule has 0 saturated heterocycles. The molecule has 0 heterocycles. The second kappa shape index (κ2) is 5.29. The lowest BCUT2D eigenvalue weighted by molar-refractivity contribution is 0.166. The molecule has 1 N–H and O–H groups in total. The van der Waals surface area contributed by atoms with E-state index < -0.39 is 19.1 Å². The van der Waals surface area contributed by atoms with E-state index in [0.29, 0.717) is 6.54 Å². The zero-order valence-electron chi connectivity index (χ0n) is 11.0. The molecule has 1 aliphatic carbocycles. The van der Waals surface area contributed by atoms with Crippen LogP contribution in [0.3, 0.4) is 0 Å². The molecule has 0 atom stereocenters. The molecule has 20 heavy (non-hydrogen) atoms. The summed E-state index contributed by atoms with van der Waals surface area (Å²) in [6.07, 6.45) is 3.15. The largest absolute Gasteiger partial charge is 0.261 e. The minimum absolute atomic E-state index is 0.0319.